The standard InChI is InChI=1S/C21H25N3O4S/c1-15(2)23(3)29(27,28)19-7-4-6-16(14-19)21(26)22-17-9-11-18(12-10-17)24-13-5-8-20(24)25/h4,6-7,9-12,14-15H,5,8,13H2,1-3H3,(H,22,26). The highest BCUT2D eigenvalue weighted by molar-refractivity contribution is 7.89. The maximum atomic E-state index is 12.7. The van der Waals surface area contributed by atoms with Crippen LogP contribution in [0.3, 0.4) is 0 Å². The van der Waals surface area contributed by atoms with Gasteiger partial charge in [-0.25, -0.2) is 8.42 Å². The first-order valence-corrected chi connectivity index (χ1v) is 10.9. The molecular weight excluding hydrogens is 390 g/mol. The molecule has 0 radical (unpaired) electrons. The second kappa shape index (κ2) is 8.34. The number of nitrogens with zero attached hydrogens (tertiary/aromatic N) is 2. The summed E-state index contributed by atoms with van der Waals surface area (Å²) in [5.41, 5.74) is 1.62. The SMILES string of the molecule is CC(C)N(C)S(=O)(=O)c1cccc(C(=O)Nc2ccc(N3CCCC3=O)cc2)c1. The van der Waals surface area contributed by atoms with Crippen LogP contribution in [0, 0.1) is 0 Å². The minimum atomic E-state index is -3.67. The highest BCUT2D eigenvalue weighted by Crippen LogP contribution is 2.24. The molecule has 1 aliphatic rings. The topological polar surface area (TPSA) is 86.8 Å². The predicted molar refractivity (Wildman–Crippen MR) is 113 cm³/mol. The van der Waals surface area contributed by atoms with E-state index in [-0.39, 0.29) is 22.4 Å². The average molecular weight is 416 g/mol. The first kappa shape index (κ1) is 21.0. The Hall–Kier alpha value is -2.71. The van der Waals surface area contributed by atoms with Crippen molar-refractivity contribution in [1.29, 1.82) is 0 Å². The molecule has 0 bridgehead atoms. The van der Waals surface area contributed by atoms with Gasteiger partial charge in [0.25, 0.3) is 5.91 Å². The molecule has 29 heavy (non-hydrogen) atoms. The van der Waals surface area contributed by atoms with Crippen LogP contribution in [0.15, 0.2) is 53.4 Å². The molecule has 1 N–H and O–H groups in total. The van der Waals surface area contributed by atoms with Gasteiger partial charge >= 0.3 is 0 Å². The molecule has 154 valence electrons. The Morgan fingerprint density at radius 3 is 2.41 bits per heavy atom. The van der Waals surface area contributed by atoms with E-state index in [1.165, 1.54) is 23.5 Å². The zero-order valence-corrected chi connectivity index (χ0v) is 17.6. The Labute approximate surface area is 171 Å². The highest BCUT2D eigenvalue weighted by Gasteiger charge is 2.24. The molecule has 8 heteroatoms. The number of anilines is 2. The van der Waals surface area contributed by atoms with Crippen molar-refractivity contribution in [2.75, 3.05) is 23.8 Å². The third-order valence-corrected chi connectivity index (χ3v) is 7.04. The number of nitrogens with one attached hydrogen (secondary N) is 1. The van der Waals surface area contributed by atoms with Crippen molar-refractivity contribution in [2.24, 2.45) is 0 Å². The third kappa shape index (κ3) is 4.49. The second-order valence-electron chi connectivity index (χ2n) is 7.29. The fourth-order valence-corrected chi connectivity index (χ4v) is 4.50. The summed E-state index contributed by atoms with van der Waals surface area (Å²) in [5.74, 6) is -0.301. The van der Waals surface area contributed by atoms with Crippen LogP contribution in [-0.4, -0.2) is 44.2 Å². The molecule has 0 aliphatic carbocycles. The molecular formula is C21H25N3O4S. The molecule has 2 aromatic carbocycles. The van der Waals surface area contributed by atoms with Crippen LogP contribution in [0.4, 0.5) is 11.4 Å². The first-order valence-electron chi connectivity index (χ1n) is 9.50. The van der Waals surface area contributed by atoms with E-state index < -0.39 is 15.9 Å². The van der Waals surface area contributed by atoms with Crippen molar-refractivity contribution in [3.8, 4) is 0 Å². The van der Waals surface area contributed by atoms with E-state index in [0.717, 1.165) is 12.1 Å². The number of carbonyl (C=O) groups excluding carboxylic acids is 2. The van der Waals surface area contributed by atoms with Crippen molar-refractivity contribution in [1.82, 2.24) is 4.31 Å². The monoisotopic (exact) mass is 415 g/mol. The van der Waals surface area contributed by atoms with E-state index in [4.69, 9.17) is 0 Å². The molecule has 0 aromatic heterocycles. The molecule has 2 aromatic rings. The lowest BCUT2D eigenvalue weighted by atomic mass is 10.2. The summed E-state index contributed by atoms with van der Waals surface area (Å²) in [6.07, 6.45) is 1.41. The van der Waals surface area contributed by atoms with E-state index in [9.17, 15) is 18.0 Å². The molecule has 1 aliphatic heterocycles. The highest BCUT2D eigenvalue weighted by atomic mass is 32.2. The fraction of sp³-hybridized carbons (Fsp3) is 0.333. The van der Waals surface area contributed by atoms with Crippen LogP contribution >= 0.6 is 0 Å². The normalized spacial score (nSPS) is 14.7. The summed E-state index contributed by atoms with van der Waals surface area (Å²) < 4.78 is 26.6. The predicted octanol–water partition coefficient (Wildman–Crippen LogP) is 3.09. The summed E-state index contributed by atoms with van der Waals surface area (Å²) in [5, 5.41) is 2.77. The average Bonchev–Trinajstić information content (AvgIpc) is 3.13. The van der Waals surface area contributed by atoms with E-state index in [1.807, 2.05) is 0 Å². The van der Waals surface area contributed by atoms with Gasteiger partial charge in [0.2, 0.25) is 15.9 Å². The van der Waals surface area contributed by atoms with Crippen molar-refractivity contribution in [2.45, 2.75) is 37.6 Å². The maximum absolute atomic E-state index is 12.7. The Morgan fingerprint density at radius 2 is 1.83 bits per heavy atom. The van der Waals surface area contributed by atoms with Gasteiger partial charge < -0.3 is 10.2 Å². The van der Waals surface area contributed by atoms with Crippen molar-refractivity contribution < 1.29 is 18.0 Å². The van der Waals surface area contributed by atoms with Gasteiger partial charge in [-0.1, -0.05) is 6.07 Å². The first-order chi connectivity index (χ1) is 13.7. The zero-order chi connectivity index (χ0) is 21.2. The van der Waals surface area contributed by atoms with Crippen LogP contribution in [0.5, 0.6) is 0 Å². The Morgan fingerprint density at radius 1 is 1.14 bits per heavy atom. The van der Waals surface area contributed by atoms with Gasteiger partial charge in [-0.15, -0.1) is 0 Å². The van der Waals surface area contributed by atoms with Gasteiger partial charge in [-0.3, -0.25) is 9.59 Å². The summed E-state index contributed by atoms with van der Waals surface area (Å²) in [6.45, 7) is 4.28. The zero-order valence-electron chi connectivity index (χ0n) is 16.8. The molecule has 0 spiro atoms. The molecule has 1 saturated heterocycles. The summed E-state index contributed by atoms with van der Waals surface area (Å²) in [6, 6.07) is 12.8. The summed E-state index contributed by atoms with van der Waals surface area (Å²) in [4.78, 5) is 26.2. The number of benzene rings is 2. The molecule has 2 amide bonds. The van der Waals surface area contributed by atoms with E-state index in [0.29, 0.717) is 18.7 Å². The third-order valence-electron chi connectivity index (χ3n) is 5.01. The number of amides is 2. The number of sulfonamides is 1. The smallest absolute Gasteiger partial charge is 0.255 e. The van der Waals surface area contributed by atoms with E-state index in [2.05, 4.69) is 5.32 Å². The largest absolute Gasteiger partial charge is 0.322 e. The van der Waals surface area contributed by atoms with Crippen LogP contribution in [0.2, 0.25) is 0 Å². The molecule has 0 unspecified atom stereocenters. The minimum absolute atomic E-state index is 0.0734. The van der Waals surface area contributed by atoms with Crippen LogP contribution in [0.25, 0.3) is 0 Å². The quantitative estimate of drug-likeness (QED) is 0.785. The number of hydrogen-bond donors (Lipinski definition) is 1. The van der Waals surface area contributed by atoms with Crippen LogP contribution in [-0.2, 0) is 14.8 Å². The van der Waals surface area contributed by atoms with Gasteiger partial charge in [-0.2, -0.15) is 4.31 Å². The van der Waals surface area contributed by atoms with Gasteiger partial charge in [0, 0.05) is 43.0 Å². The summed E-state index contributed by atoms with van der Waals surface area (Å²) in [7, 11) is -2.16. The second-order valence-corrected chi connectivity index (χ2v) is 9.29. The number of rotatable bonds is 6. The Kier molecular flexibility index (Phi) is 6.04. The minimum Gasteiger partial charge on any atom is -0.322 e. The van der Waals surface area contributed by atoms with Gasteiger partial charge in [0.05, 0.1) is 4.90 Å². The number of hydrogen-bond acceptors (Lipinski definition) is 4. The summed E-state index contributed by atoms with van der Waals surface area (Å²) >= 11 is 0. The molecule has 3 rings (SSSR count). The maximum Gasteiger partial charge on any atom is 0.255 e. The van der Waals surface area contributed by atoms with E-state index in [1.54, 1.807) is 55.1 Å². The Bertz CT molecular complexity index is 1020. The molecule has 0 atom stereocenters. The van der Waals surface area contributed by atoms with Gasteiger partial charge in [-0.05, 0) is 62.7 Å². The van der Waals surface area contributed by atoms with Crippen LogP contribution < -0.4 is 10.2 Å². The molecule has 7 nitrogen and oxygen atoms in total. The lowest BCUT2D eigenvalue weighted by molar-refractivity contribution is -0.117. The lowest BCUT2D eigenvalue weighted by Gasteiger charge is -2.21. The van der Waals surface area contributed by atoms with Gasteiger partial charge in [0.1, 0.15) is 0 Å². The van der Waals surface area contributed by atoms with Crippen molar-refractivity contribution >= 4 is 33.2 Å². The number of carbonyl (C=O) groups is 2. The van der Waals surface area contributed by atoms with Crippen molar-refractivity contribution in [3.05, 3.63) is 54.1 Å². The Balaban J connectivity index is 1.75. The fourth-order valence-electron chi connectivity index (χ4n) is 3.09. The molecule has 1 fully saturated rings. The van der Waals surface area contributed by atoms with Crippen LogP contribution in [0.1, 0.15) is 37.0 Å². The van der Waals surface area contributed by atoms with Gasteiger partial charge in [0.15, 0.2) is 0 Å². The lowest BCUT2D eigenvalue weighted by Crippen LogP contribution is -2.33. The van der Waals surface area contributed by atoms with E-state index >= 15 is 0 Å². The van der Waals surface area contributed by atoms with Crippen molar-refractivity contribution in [3.63, 3.8) is 0 Å². The molecule has 0 saturated carbocycles. The molecule has 1 heterocycles.